The molecule has 1 aromatic rings. The molecule has 26 heavy (non-hydrogen) atoms. The minimum absolute atomic E-state index is 0.0406. The third kappa shape index (κ3) is 2.86. The van der Waals surface area contributed by atoms with Gasteiger partial charge in [-0.25, -0.2) is 0 Å². The van der Waals surface area contributed by atoms with Crippen LogP contribution in [0.15, 0.2) is 18.2 Å². The van der Waals surface area contributed by atoms with Crippen LogP contribution in [0.3, 0.4) is 0 Å². The number of nitrogens with zero attached hydrogens (tertiary/aromatic N) is 2. The van der Waals surface area contributed by atoms with Crippen LogP contribution in [0.1, 0.15) is 39.1 Å². The number of amides is 4. The topological polar surface area (TPSA) is 98.8 Å². The molecule has 1 atom stereocenters. The number of nitrogens with one attached hydrogen (secondary N) is 2. The van der Waals surface area contributed by atoms with Crippen LogP contribution in [-0.4, -0.2) is 65.6 Å². The summed E-state index contributed by atoms with van der Waals surface area (Å²) in [7, 11) is 0. The third-order valence-electron chi connectivity index (χ3n) is 5.17. The summed E-state index contributed by atoms with van der Waals surface area (Å²) in [6.07, 6.45) is 0.556. The lowest BCUT2D eigenvalue weighted by Crippen LogP contribution is -2.52. The van der Waals surface area contributed by atoms with E-state index in [1.807, 2.05) is 0 Å². The first-order chi connectivity index (χ1) is 12.5. The number of piperazine rings is 1. The normalized spacial score (nSPS) is 23.1. The van der Waals surface area contributed by atoms with Gasteiger partial charge >= 0.3 is 0 Å². The molecule has 1 unspecified atom stereocenters. The van der Waals surface area contributed by atoms with Gasteiger partial charge in [0.2, 0.25) is 11.8 Å². The van der Waals surface area contributed by atoms with Gasteiger partial charge < -0.3 is 15.1 Å². The van der Waals surface area contributed by atoms with Crippen LogP contribution in [0.25, 0.3) is 0 Å². The van der Waals surface area contributed by atoms with E-state index in [0.29, 0.717) is 30.6 Å². The number of carbonyl (C=O) groups excluding carboxylic acids is 4. The Morgan fingerprint density at radius 3 is 2.62 bits per heavy atom. The van der Waals surface area contributed by atoms with E-state index in [-0.39, 0.29) is 30.7 Å². The molecule has 0 radical (unpaired) electrons. The molecule has 0 aromatic heterocycles. The standard InChI is InChI=1S/C18H20N4O4/c23-15-4-3-14(16(24)20-15)22-10-12-9-11(1-2-13(12)18(22)26)17(25)21-7-5-19-6-8-21/h1-2,9,14,19H,3-8,10H2,(H,20,23,24). The molecule has 2 saturated heterocycles. The summed E-state index contributed by atoms with van der Waals surface area (Å²) in [4.78, 5) is 52.0. The molecular weight excluding hydrogens is 336 g/mol. The zero-order valence-corrected chi connectivity index (χ0v) is 14.3. The first-order valence-corrected chi connectivity index (χ1v) is 8.82. The lowest BCUT2D eigenvalue weighted by Gasteiger charge is -2.29. The fourth-order valence-electron chi connectivity index (χ4n) is 3.76. The van der Waals surface area contributed by atoms with Crippen LogP contribution in [0.4, 0.5) is 0 Å². The Hall–Kier alpha value is -2.74. The lowest BCUT2D eigenvalue weighted by molar-refractivity contribution is -0.136. The van der Waals surface area contributed by atoms with Gasteiger partial charge in [-0.15, -0.1) is 0 Å². The first-order valence-electron chi connectivity index (χ1n) is 8.82. The Morgan fingerprint density at radius 1 is 1.12 bits per heavy atom. The summed E-state index contributed by atoms with van der Waals surface area (Å²) >= 11 is 0. The number of benzene rings is 1. The maximum absolute atomic E-state index is 12.7. The average molecular weight is 356 g/mol. The fourth-order valence-corrected chi connectivity index (χ4v) is 3.76. The van der Waals surface area contributed by atoms with Gasteiger partial charge in [-0.3, -0.25) is 24.5 Å². The Kier molecular flexibility index (Phi) is 4.20. The van der Waals surface area contributed by atoms with E-state index in [1.165, 1.54) is 4.90 Å². The van der Waals surface area contributed by atoms with E-state index in [1.54, 1.807) is 23.1 Å². The van der Waals surface area contributed by atoms with Gasteiger partial charge in [-0.05, 0) is 30.2 Å². The third-order valence-corrected chi connectivity index (χ3v) is 5.17. The Morgan fingerprint density at radius 2 is 1.88 bits per heavy atom. The molecule has 2 N–H and O–H groups in total. The molecule has 8 heteroatoms. The second-order valence-electron chi connectivity index (χ2n) is 6.81. The molecule has 2 fully saturated rings. The highest BCUT2D eigenvalue weighted by atomic mass is 16.2. The molecule has 136 valence electrons. The van der Waals surface area contributed by atoms with Crippen molar-refractivity contribution in [1.29, 1.82) is 0 Å². The quantitative estimate of drug-likeness (QED) is 0.696. The predicted molar refractivity (Wildman–Crippen MR) is 91.3 cm³/mol. The van der Waals surface area contributed by atoms with Crippen LogP contribution in [0.5, 0.6) is 0 Å². The molecule has 4 rings (SSSR count). The number of hydrogen-bond acceptors (Lipinski definition) is 5. The second kappa shape index (κ2) is 6.53. The maximum Gasteiger partial charge on any atom is 0.255 e. The van der Waals surface area contributed by atoms with Crippen molar-refractivity contribution in [3.05, 3.63) is 34.9 Å². The minimum Gasteiger partial charge on any atom is -0.336 e. The van der Waals surface area contributed by atoms with Crippen LogP contribution in [0.2, 0.25) is 0 Å². The zero-order valence-electron chi connectivity index (χ0n) is 14.3. The van der Waals surface area contributed by atoms with Crippen molar-refractivity contribution in [2.24, 2.45) is 0 Å². The highest BCUT2D eigenvalue weighted by Gasteiger charge is 2.39. The predicted octanol–water partition coefficient (Wildman–Crippen LogP) is -0.507. The molecule has 0 bridgehead atoms. The second-order valence-corrected chi connectivity index (χ2v) is 6.81. The number of carbonyl (C=O) groups is 4. The van der Waals surface area contributed by atoms with Gasteiger partial charge in [0.15, 0.2) is 0 Å². The van der Waals surface area contributed by atoms with Gasteiger partial charge in [0.1, 0.15) is 6.04 Å². The summed E-state index contributed by atoms with van der Waals surface area (Å²) in [5, 5.41) is 5.50. The number of fused-ring (bicyclic) bond motifs is 1. The summed E-state index contributed by atoms with van der Waals surface area (Å²) in [6.45, 7) is 3.16. The molecule has 3 aliphatic heterocycles. The van der Waals surface area contributed by atoms with Gasteiger partial charge in [0.05, 0.1) is 0 Å². The van der Waals surface area contributed by atoms with Crippen LogP contribution in [-0.2, 0) is 16.1 Å². The lowest BCUT2D eigenvalue weighted by atomic mass is 10.0. The Balaban J connectivity index is 1.54. The van der Waals surface area contributed by atoms with Crippen LogP contribution >= 0.6 is 0 Å². The van der Waals surface area contributed by atoms with Gasteiger partial charge in [-0.2, -0.15) is 0 Å². The van der Waals surface area contributed by atoms with Crippen molar-refractivity contribution in [2.45, 2.75) is 25.4 Å². The molecule has 4 amide bonds. The first kappa shape index (κ1) is 16.7. The van der Waals surface area contributed by atoms with E-state index in [9.17, 15) is 19.2 Å². The Labute approximate surface area is 150 Å². The van der Waals surface area contributed by atoms with Crippen LogP contribution < -0.4 is 10.6 Å². The summed E-state index contributed by atoms with van der Waals surface area (Å²) in [6, 6.07) is 4.46. The van der Waals surface area contributed by atoms with E-state index in [4.69, 9.17) is 0 Å². The molecule has 0 aliphatic carbocycles. The average Bonchev–Trinajstić information content (AvgIpc) is 2.98. The molecule has 3 heterocycles. The summed E-state index contributed by atoms with van der Waals surface area (Å²) in [5.41, 5.74) is 1.83. The zero-order chi connectivity index (χ0) is 18.3. The van der Waals surface area contributed by atoms with Crippen LogP contribution in [0, 0.1) is 0 Å². The smallest absolute Gasteiger partial charge is 0.255 e. The molecule has 1 aromatic carbocycles. The Bertz CT molecular complexity index is 800. The number of piperidine rings is 1. The molecule has 0 spiro atoms. The SMILES string of the molecule is O=C1CCC(N2Cc3cc(C(=O)N4CCNCC4)ccc3C2=O)C(=O)N1. The molecule has 3 aliphatic rings. The molecular formula is C18H20N4O4. The highest BCUT2D eigenvalue weighted by Crippen LogP contribution is 2.28. The van der Waals surface area contributed by atoms with Crippen molar-refractivity contribution in [1.82, 2.24) is 20.4 Å². The van der Waals surface area contributed by atoms with Gasteiger partial charge in [0, 0.05) is 50.3 Å². The van der Waals surface area contributed by atoms with Crippen molar-refractivity contribution in [2.75, 3.05) is 26.2 Å². The summed E-state index contributed by atoms with van der Waals surface area (Å²) < 4.78 is 0. The fraction of sp³-hybridized carbons (Fsp3) is 0.444. The van der Waals surface area contributed by atoms with Crippen molar-refractivity contribution in [3.63, 3.8) is 0 Å². The molecule has 8 nitrogen and oxygen atoms in total. The van der Waals surface area contributed by atoms with Gasteiger partial charge in [0.25, 0.3) is 11.8 Å². The van der Waals surface area contributed by atoms with E-state index >= 15 is 0 Å². The minimum atomic E-state index is -0.639. The maximum atomic E-state index is 12.7. The van der Waals surface area contributed by atoms with E-state index in [2.05, 4.69) is 10.6 Å². The van der Waals surface area contributed by atoms with Crippen molar-refractivity contribution < 1.29 is 19.2 Å². The highest BCUT2D eigenvalue weighted by molar-refractivity contribution is 6.06. The van der Waals surface area contributed by atoms with Crippen molar-refractivity contribution in [3.8, 4) is 0 Å². The van der Waals surface area contributed by atoms with Crippen molar-refractivity contribution >= 4 is 23.6 Å². The monoisotopic (exact) mass is 356 g/mol. The van der Waals surface area contributed by atoms with E-state index < -0.39 is 11.9 Å². The number of rotatable bonds is 2. The largest absolute Gasteiger partial charge is 0.336 e. The number of hydrogen-bond donors (Lipinski definition) is 2. The number of imide groups is 1. The van der Waals surface area contributed by atoms with Gasteiger partial charge in [-0.1, -0.05) is 0 Å². The summed E-state index contributed by atoms with van der Waals surface area (Å²) in [5.74, 6) is -1.00. The van der Waals surface area contributed by atoms with E-state index in [0.717, 1.165) is 18.7 Å². The molecule has 0 saturated carbocycles.